The summed E-state index contributed by atoms with van der Waals surface area (Å²) in [4.78, 5) is 21.7. The molecule has 3 N–H and O–H groups in total. The van der Waals surface area contributed by atoms with E-state index in [1.54, 1.807) is 18.5 Å². The summed E-state index contributed by atoms with van der Waals surface area (Å²) in [5, 5.41) is 3.73. The predicted molar refractivity (Wildman–Crippen MR) is 103 cm³/mol. The number of hydrogen-bond donors (Lipinski definition) is 2. The van der Waals surface area contributed by atoms with Gasteiger partial charge in [-0.1, -0.05) is 6.42 Å². The molecule has 1 saturated carbocycles. The number of nitrogens with zero attached hydrogens (tertiary/aromatic N) is 2. The quantitative estimate of drug-likeness (QED) is 0.773. The van der Waals surface area contributed by atoms with Gasteiger partial charge < -0.3 is 11.1 Å². The lowest BCUT2D eigenvalue weighted by atomic mass is 10.00. The lowest BCUT2D eigenvalue weighted by Crippen LogP contribution is -2.28. The third kappa shape index (κ3) is 5.42. The number of hydrogen-bond acceptors (Lipinski definition) is 5. The van der Waals surface area contributed by atoms with Crippen molar-refractivity contribution in [3.8, 4) is 0 Å². The predicted octanol–water partition coefficient (Wildman–Crippen LogP) is 3.81. The monoisotopic (exact) mass is 378 g/mol. The van der Waals surface area contributed by atoms with Crippen LogP contribution in [0.25, 0.3) is 0 Å². The Kier molecular flexibility index (Phi) is 7.23. The molecule has 0 bridgehead atoms. The van der Waals surface area contributed by atoms with Crippen molar-refractivity contribution in [1.82, 2.24) is 9.97 Å². The van der Waals surface area contributed by atoms with Crippen LogP contribution in [0, 0.1) is 12.8 Å². The fraction of sp³-hybridized carbons (Fsp3) is 0.389. The summed E-state index contributed by atoms with van der Waals surface area (Å²) in [5.41, 5.74) is 7.93. The van der Waals surface area contributed by atoms with Crippen molar-refractivity contribution in [3.63, 3.8) is 0 Å². The molecule has 0 spiro atoms. The summed E-state index contributed by atoms with van der Waals surface area (Å²) in [6, 6.07) is 7.92. The van der Waals surface area contributed by atoms with Crippen LogP contribution in [0.4, 0.5) is 5.69 Å². The minimum absolute atomic E-state index is 0. The summed E-state index contributed by atoms with van der Waals surface area (Å²) in [6.07, 6.45) is 7.18. The van der Waals surface area contributed by atoms with E-state index in [-0.39, 0.29) is 24.4 Å². The molecule has 0 saturated heterocycles. The number of anilines is 1. The van der Waals surface area contributed by atoms with Crippen LogP contribution in [0.1, 0.15) is 31.2 Å². The van der Waals surface area contributed by atoms with Gasteiger partial charge in [-0.05, 0) is 67.3 Å². The highest BCUT2D eigenvalue weighted by atomic mass is 35.5. The van der Waals surface area contributed by atoms with Crippen LogP contribution in [-0.4, -0.2) is 21.9 Å². The molecule has 3 rings (SSSR count). The van der Waals surface area contributed by atoms with Gasteiger partial charge in [-0.3, -0.25) is 4.79 Å². The summed E-state index contributed by atoms with van der Waals surface area (Å²) in [5.74, 6) is 0.364. The number of benzene rings is 1. The van der Waals surface area contributed by atoms with Crippen LogP contribution in [-0.2, 0) is 4.79 Å². The van der Waals surface area contributed by atoms with Crippen LogP contribution in [0.15, 0.2) is 46.7 Å². The van der Waals surface area contributed by atoms with Crippen molar-refractivity contribution < 1.29 is 4.79 Å². The van der Waals surface area contributed by atoms with Gasteiger partial charge in [0.25, 0.3) is 0 Å². The number of carbonyl (C=O) groups excluding carboxylic acids is 1. The number of nitrogens with one attached hydrogen (secondary N) is 1. The van der Waals surface area contributed by atoms with Crippen LogP contribution >= 0.6 is 24.2 Å². The highest BCUT2D eigenvalue weighted by Crippen LogP contribution is 2.29. The van der Waals surface area contributed by atoms with Crippen molar-refractivity contribution in [2.45, 2.75) is 48.7 Å². The van der Waals surface area contributed by atoms with E-state index >= 15 is 0 Å². The first-order chi connectivity index (χ1) is 11.6. The van der Waals surface area contributed by atoms with Crippen LogP contribution in [0.5, 0.6) is 0 Å². The Morgan fingerprint density at radius 1 is 1.32 bits per heavy atom. The lowest BCUT2D eigenvalue weighted by Gasteiger charge is -2.15. The van der Waals surface area contributed by atoms with E-state index in [2.05, 4.69) is 15.3 Å². The topological polar surface area (TPSA) is 80.9 Å². The molecule has 1 aliphatic rings. The molecule has 1 amide bonds. The Balaban J connectivity index is 0.00000225. The Hall–Kier alpha value is -1.63. The fourth-order valence-corrected chi connectivity index (χ4v) is 3.85. The SMILES string of the molecule is Cc1cc(Sc2ncccn2)ccc1NC(=O)C[C@@H]1CCC[C@H]1N.Cl. The average Bonchev–Trinajstić information content (AvgIpc) is 2.96. The molecular weight excluding hydrogens is 356 g/mol. The molecule has 1 fully saturated rings. The number of halogens is 1. The van der Waals surface area contributed by atoms with Gasteiger partial charge in [0.2, 0.25) is 5.91 Å². The smallest absolute Gasteiger partial charge is 0.224 e. The summed E-state index contributed by atoms with van der Waals surface area (Å²) < 4.78 is 0. The Morgan fingerprint density at radius 3 is 2.72 bits per heavy atom. The molecule has 2 aromatic rings. The minimum atomic E-state index is 0. The van der Waals surface area contributed by atoms with Gasteiger partial charge >= 0.3 is 0 Å². The number of aromatic nitrogens is 2. The molecule has 1 aromatic heterocycles. The second-order valence-corrected chi connectivity index (χ2v) is 7.26. The number of amides is 1. The van der Waals surface area contributed by atoms with Gasteiger partial charge in [0, 0.05) is 35.4 Å². The van der Waals surface area contributed by atoms with Gasteiger partial charge in [0.05, 0.1) is 0 Å². The number of nitrogens with two attached hydrogens (primary N) is 1. The van der Waals surface area contributed by atoms with Crippen LogP contribution in [0.3, 0.4) is 0 Å². The number of rotatable bonds is 5. The lowest BCUT2D eigenvalue weighted by molar-refractivity contribution is -0.117. The van der Waals surface area contributed by atoms with Gasteiger partial charge in [0.15, 0.2) is 5.16 Å². The second-order valence-electron chi connectivity index (χ2n) is 6.22. The molecule has 1 heterocycles. The van der Waals surface area contributed by atoms with E-state index in [0.717, 1.165) is 35.4 Å². The van der Waals surface area contributed by atoms with E-state index < -0.39 is 0 Å². The van der Waals surface area contributed by atoms with Crippen molar-refractivity contribution >= 4 is 35.8 Å². The largest absolute Gasteiger partial charge is 0.327 e. The van der Waals surface area contributed by atoms with Gasteiger partial charge in [-0.15, -0.1) is 12.4 Å². The van der Waals surface area contributed by atoms with Crippen LogP contribution < -0.4 is 11.1 Å². The second kappa shape index (κ2) is 9.17. The van der Waals surface area contributed by atoms with Crippen molar-refractivity contribution in [3.05, 3.63) is 42.2 Å². The molecular formula is C18H23ClN4OS. The zero-order valence-electron chi connectivity index (χ0n) is 14.1. The molecule has 7 heteroatoms. The highest BCUT2D eigenvalue weighted by molar-refractivity contribution is 7.99. The summed E-state index contributed by atoms with van der Waals surface area (Å²) in [7, 11) is 0. The Morgan fingerprint density at radius 2 is 2.08 bits per heavy atom. The normalized spacial score (nSPS) is 19.3. The number of carbonyl (C=O) groups is 1. The molecule has 0 radical (unpaired) electrons. The van der Waals surface area contributed by atoms with E-state index in [9.17, 15) is 4.79 Å². The molecule has 1 aromatic carbocycles. The first-order valence-electron chi connectivity index (χ1n) is 8.23. The van der Waals surface area contributed by atoms with E-state index in [1.165, 1.54) is 11.8 Å². The van der Waals surface area contributed by atoms with Crippen molar-refractivity contribution in [2.24, 2.45) is 11.7 Å². The Labute approximate surface area is 158 Å². The standard InChI is InChI=1S/C18H22N4OS.ClH/c1-12-10-14(24-18-20-8-3-9-21-18)6-7-16(12)22-17(23)11-13-4-2-5-15(13)19;/h3,6-10,13,15H,2,4-5,11,19H2,1H3,(H,22,23);1H/t13-,15+;/m0./s1. The summed E-state index contributed by atoms with van der Waals surface area (Å²) in [6.45, 7) is 1.99. The molecule has 2 atom stereocenters. The minimum Gasteiger partial charge on any atom is -0.327 e. The first-order valence-corrected chi connectivity index (χ1v) is 9.04. The molecule has 1 aliphatic carbocycles. The Bertz CT molecular complexity index is 713. The maximum atomic E-state index is 12.3. The van der Waals surface area contributed by atoms with Crippen LogP contribution in [0.2, 0.25) is 0 Å². The third-order valence-electron chi connectivity index (χ3n) is 4.39. The zero-order valence-corrected chi connectivity index (χ0v) is 15.8. The molecule has 25 heavy (non-hydrogen) atoms. The van der Waals surface area contributed by atoms with E-state index in [1.807, 2.05) is 25.1 Å². The van der Waals surface area contributed by atoms with Gasteiger partial charge in [0.1, 0.15) is 0 Å². The van der Waals surface area contributed by atoms with Crippen molar-refractivity contribution in [1.29, 1.82) is 0 Å². The maximum absolute atomic E-state index is 12.3. The molecule has 0 unspecified atom stereocenters. The fourth-order valence-electron chi connectivity index (χ4n) is 3.04. The maximum Gasteiger partial charge on any atom is 0.224 e. The molecule has 5 nitrogen and oxygen atoms in total. The number of aryl methyl sites for hydroxylation is 1. The molecule has 134 valence electrons. The third-order valence-corrected chi connectivity index (χ3v) is 5.27. The average molecular weight is 379 g/mol. The van der Waals surface area contributed by atoms with E-state index in [0.29, 0.717) is 17.5 Å². The van der Waals surface area contributed by atoms with Gasteiger partial charge in [-0.2, -0.15) is 0 Å². The highest BCUT2D eigenvalue weighted by Gasteiger charge is 2.26. The van der Waals surface area contributed by atoms with Crippen molar-refractivity contribution in [2.75, 3.05) is 5.32 Å². The molecule has 0 aliphatic heterocycles. The summed E-state index contributed by atoms with van der Waals surface area (Å²) >= 11 is 1.50. The zero-order chi connectivity index (χ0) is 16.9. The first kappa shape index (κ1) is 19.7. The van der Waals surface area contributed by atoms with E-state index in [4.69, 9.17) is 5.73 Å². The van der Waals surface area contributed by atoms with Gasteiger partial charge in [-0.25, -0.2) is 9.97 Å².